The zero-order valence-corrected chi connectivity index (χ0v) is 24.1. The van der Waals surface area contributed by atoms with Crippen LogP contribution in [0, 0.1) is 29.1 Å². The SMILES string of the molecule is CCN(CC)C(=O)[C@@H](C)[C@@H]1CC[C@]2(C)Cc3sc(NC(=O)C4CCN(C(C)=O)CC4)nc3[C@@H](C)[C@@H]2[C@H]1O. The molecule has 0 unspecified atom stereocenters. The molecule has 2 fully saturated rings. The second-order valence-corrected chi connectivity index (χ2v) is 12.8. The summed E-state index contributed by atoms with van der Waals surface area (Å²) >= 11 is 1.56. The molecule has 0 radical (unpaired) electrons. The highest BCUT2D eigenvalue weighted by molar-refractivity contribution is 7.15. The molecular formula is C28H44N4O4S. The van der Waals surface area contributed by atoms with Gasteiger partial charge in [0.15, 0.2) is 5.13 Å². The fraction of sp³-hybridized carbons (Fsp3) is 0.786. The van der Waals surface area contributed by atoms with E-state index in [2.05, 4.69) is 19.2 Å². The number of anilines is 1. The van der Waals surface area contributed by atoms with Crippen LogP contribution in [0.25, 0.3) is 0 Å². The first-order valence-corrected chi connectivity index (χ1v) is 14.8. The largest absolute Gasteiger partial charge is 0.392 e. The van der Waals surface area contributed by atoms with Crippen molar-refractivity contribution in [3.63, 3.8) is 0 Å². The molecule has 2 heterocycles. The van der Waals surface area contributed by atoms with Crippen LogP contribution < -0.4 is 5.32 Å². The number of aromatic nitrogens is 1. The molecule has 3 amide bonds. The van der Waals surface area contributed by atoms with Gasteiger partial charge in [-0.25, -0.2) is 4.98 Å². The average molecular weight is 533 g/mol. The molecule has 0 aromatic carbocycles. The van der Waals surface area contributed by atoms with Crippen molar-refractivity contribution in [2.24, 2.45) is 29.1 Å². The zero-order valence-electron chi connectivity index (χ0n) is 23.2. The van der Waals surface area contributed by atoms with E-state index in [1.807, 2.05) is 25.7 Å². The minimum absolute atomic E-state index is 0.0191. The number of amides is 3. The zero-order chi connectivity index (χ0) is 27.1. The van der Waals surface area contributed by atoms with Crippen LogP contribution in [-0.4, -0.2) is 69.9 Å². The summed E-state index contributed by atoms with van der Waals surface area (Å²) in [5.41, 5.74) is 0.921. The van der Waals surface area contributed by atoms with Crippen molar-refractivity contribution in [3.05, 3.63) is 10.6 Å². The van der Waals surface area contributed by atoms with Crippen LogP contribution in [0.3, 0.4) is 0 Å². The van der Waals surface area contributed by atoms with Crippen LogP contribution in [0.15, 0.2) is 0 Å². The van der Waals surface area contributed by atoms with Gasteiger partial charge in [-0.1, -0.05) is 20.8 Å². The molecule has 1 saturated heterocycles. The van der Waals surface area contributed by atoms with E-state index < -0.39 is 6.10 Å². The number of hydrogen-bond acceptors (Lipinski definition) is 6. The second kappa shape index (κ2) is 11.0. The van der Waals surface area contributed by atoms with Crippen molar-refractivity contribution in [2.45, 2.75) is 85.7 Å². The van der Waals surface area contributed by atoms with Gasteiger partial charge in [0.2, 0.25) is 17.7 Å². The molecule has 206 valence electrons. The molecule has 4 rings (SSSR count). The number of aliphatic hydroxyl groups excluding tert-OH is 1. The molecule has 0 spiro atoms. The van der Waals surface area contributed by atoms with E-state index in [-0.39, 0.29) is 52.7 Å². The molecule has 3 aliphatic rings. The molecule has 2 aliphatic carbocycles. The van der Waals surface area contributed by atoms with Crippen LogP contribution in [-0.2, 0) is 20.8 Å². The summed E-state index contributed by atoms with van der Waals surface area (Å²) in [5, 5.41) is 15.4. The Morgan fingerprint density at radius 2 is 1.86 bits per heavy atom. The summed E-state index contributed by atoms with van der Waals surface area (Å²) in [4.78, 5) is 47.4. The molecule has 2 N–H and O–H groups in total. The van der Waals surface area contributed by atoms with Gasteiger partial charge in [0.25, 0.3) is 0 Å². The number of piperidine rings is 1. The third-order valence-corrected chi connectivity index (χ3v) is 10.6. The Hall–Kier alpha value is -2.00. The second-order valence-electron chi connectivity index (χ2n) is 11.7. The van der Waals surface area contributed by atoms with Crippen molar-refractivity contribution < 1.29 is 19.5 Å². The number of nitrogens with zero attached hydrogens (tertiary/aromatic N) is 3. The molecule has 6 atom stereocenters. The number of likely N-dealkylation sites (tertiary alicyclic amines) is 1. The molecular weight excluding hydrogens is 488 g/mol. The molecule has 1 aromatic rings. The van der Waals surface area contributed by atoms with Crippen molar-refractivity contribution in [3.8, 4) is 0 Å². The summed E-state index contributed by atoms with van der Waals surface area (Å²) in [6.45, 7) is 14.6. The Morgan fingerprint density at radius 1 is 1.22 bits per heavy atom. The average Bonchev–Trinajstić information content (AvgIpc) is 3.26. The number of carbonyl (C=O) groups is 3. The van der Waals surface area contributed by atoms with E-state index in [9.17, 15) is 19.5 Å². The lowest BCUT2D eigenvalue weighted by molar-refractivity contribution is -0.144. The number of aliphatic hydroxyl groups is 1. The van der Waals surface area contributed by atoms with E-state index >= 15 is 0 Å². The molecule has 9 heteroatoms. The first-order chi connectivity index (χ1) is 17.5. The molecule has 1 aliphatic heterocycles. The van der Waals surface area contributed by atoms with Gasteiger partial charge >= 0.3 is 0 Å². The van der Waals surface area contributed by atoms with Gasteiger partial charge in [-0.15, -0.1) is 11.3 Å². The van der Waals surface area contributed by atoms with Crippen molar-refractivity contribution in [2.75, 3.05) is 31.5 Å². The predicted octanol–water partition coefficient (Wildman–Crippen LogP) is 3.90. The third kappa shape index (κ3) is 5.31. The fourth-order valence-corrected chi connectivity index (χ4v) is 8.54. The maximum Gasteiger partial charge on any atom is 0.229 e. The van der Waals surface area contributed by atoms with Crippen molar-refractivity contribution >= 4 is 34.2 Å². The summed E-state index contributed by atoms with van der Waals surface area (Å²) in [6.07, 6.45) is 3.42. The number of fused-ring (bicyclic) bond motifs is 2. The van der Waals surface area contributed by atoms with Crippen molar-refractivity contribution in [1.82, 2.24) is 14.8 Å². The molecule has 1 saturated carbocycles. The van der Waals surface area contributed by atoms with E-state index in [0.717, 1.165) is 25.0 Å². The van der Waals surface area contributed by atoms with E-state index in [0.29, 0.717) is 44.2 Å². The summed E-state index contributed by atoms with van der Waals surface area (Å²) < 4.78 is 0. The van der Waals surface area contributed by atoms with Crippen LogP contribution in [0.1, 0.15) is 83.7 Å². The Labute approximate surface area is 225 Å². The predicted molar refractivity (Wildman–Crippen MR) is 145 cm³/mol. The normalized spacial score (nSPS) is 30.7. The van der Waals surface area contributed by atoms with Crippen LogP contribution in [0.5, 0.6) is 0 Å². The number of thiazole rings is 1. The minimum atomic E-state index is -0.567. The van der Waals surface area contributed by atoms with E-state index in [1.54, 1.807) is 23.2 Å². The Bertz CT molecular complexity index is 1020. The molecule has 1 aromatic heterocycles. The monoisotopic (exact) mass is 532 g/mol. The van der Waals surface area contributed by atoms with E-state index in [4.69, 9.17) is 4.98 Å². The van der Waals surface area contributed by atoms with Crippen LogP contribution >= 0.6 is 11.3 Å². The van der Waals surface area contributed by atoms with Crippen molar-refractivity contribution in [1.29, 1.82) is 0 Å². The van der Waals surface area contributed by atoms with Gasteiger partial charge in [-0.3, -0.25) is 14.4 Å². The highest BCUT2D eigenvalue weighted by atomic mass is 32.1. The smallest absolute Gasteiger partial charge is 0.229 e. The quantitative estimate of drug-likeness (QED) is 0.579. The summed E-state index contributed by atoms with van der Waals surface area (Å²) in [5.74, 6) is -0.144. The van der Waals surface area contributed by atoms with Crippen LogP contribution in [0.4, 0.5) is 5.13 Å². The highest BCUT2D eigenvalue weighted by Gasteiger charge is 2.54. The minimum Gasteiger partial charge on any atom is -0.392 e. The first kappa shape index (κ1) is 28.0. The number of carbonyl (C=O) groups excluding carboxylic acids is 3. The lowest BCUT2D eigenvalue weighted by Crippen LogP contribution is -2.53. The standard InChI is InChI=1S/C28H44N4O4S/c1-7-31(8-2)26(36)16(3)20-9-12-28(6)15-21-23(17(4)22(28)24(20)34)29-27(37-21)30-25(35)19-10-13-32(14-11-19)18(5)33/h16-17,19-20,22,24,34H,7-15H2,1-6H3,(H,29,30,35)/t16-,17-,20-,22+,24-,28+/m0/s1. The van der Waals surface area contributed by atoms with Gasteiger partial charge in [-0.05, 0) is 63.2 Å². The summed E-state index contributed by atoms with van der Waals surface area (Å²) in [7, 11) is 0. The highest BCUT2D eigenvalue weighted by Crippen LogP contribution is 2.57. The van der Waals surface area contributed by atoms with Gasteiger partial charge < -0.3 is 20.2 Å². The first-order valence-electron chi connectivity index (χ1n) is 14.0. The Morgan fingerprint density at radius 3 is 2.46 bits per heavy atom. The lowest BCUT2D eigenvalue weighted by atomic mass is 9.53. The summed E-state index contributed by atoms with van der Waals surface area (Å²) in [6, 6.07) is 0. The van der Waals surface area contributed by atoms with Gasteiger partial charge in [-0.2, -0.15) is 0 Å². The number of rotatable bonds is 6. The number of hydrogen-bond donors (Lipinski definition) is 2. The lowest BCUT2D eigenvalue weighted by Gasteiger charge is -2.53. The van der Waals surface area contributed by atoms with Gasteiger partial charge in [0.1, 0.15) is 0 Å². The molecule has 37 heavy (non-hydrogen) atoms. The maximum absolute atomic E-state index is 13.1. The topological polar surface area (TPSA) is 103 Å². The fourth-order valence-electron chi connectivity index (χ4n) is 7.27. The number of nitrogens with one attached hydrogen (secondary N) is 1. The maximum atomic E-state index is 13.1. The third-order valence-electron chi connectivity index (χ3n) is 9.57. The molecule has 0 bridgehead atoms. The van der Waals surface area contributed by atoms with E-state index in [1.165, 1.54) is 4.88 Å². The Kier molecular flexibility index (Phi) is 8.34. The van der Waals surface area contributed by atoms with Gasteiger partial charge in [0.05, 0.1) is 11.8 Å². The van der Waals surface area contributed by atoms with Crippen LogP contribution in [0.2, 0.25) is 0 Å². The van der Waals surface area contributed by atoms with Gasteiger partial charge in [0, 0.05) is 55.7 Å². The molecule has 8 nitrogen and oxygen atoms in total. The Balaban J connectivity index is 1.47.